The highest BCUT2D eigenvalue weighted by molar-refractivity contribution is 5.57. The van der Waals surface area contributed by atoms with Crippen LogP contribution in [0.25, 0.3) is 11.4 Å². The largest absolute Gasteiger partial charge is 0.338 e. The van der Waals surface area contributed by atoms with Gasteiger partial charge in [-0.15, -0.1) is 5.10 Å². The predicted octanol–water partition coefficient (Wildman–Crippen LogP) is 1.41. The molecule has 2 N–H and O–H groups in total. The first kappa shape index (κ1) is 12.1. The van der Waals surface area contributed by atoms with E-state index < -0.39 is 0 Å². The maximum absolute atomic E-state index is 13.7. The van der Waals surface area contributed by atoms with E-state index in [2.05, 4.69) is 25.4 Å². The molecule has 0 aliphatic carbocycles. The Kier molecular flexibility index (Phi) is 3.41. The Hall–Kier alpha value is -1.95. The van der Waals surface area contributed by atoms with Gasteiger partial charge in [-0.3, -0.25) is 5.10 Å². The molecular formula is C13H16FN5. The Bertz CT molecular complexity index is 545. The zero-order valence-corrected chi connectivity index (χ0v) is 10.6. The van der Waals surface area contributed by atoms with Crippen LogP contribution in [0.5, 0.6) is 0 Å². The SMILES string of the molecule is Fc1ccccc1-c1nc(N2CCCNCC2)n[nH]1. The molecule has 1 aromatic carbocycles. The van der Waals surface area contributed by atoms with Crippen molar-refractivity contribution >= 4 is 5.95 Å². The number of hydrogen-bond acceptors (Lipinski definition) is 4. The number of aromatic amines is 1. The normalized spacial score (nSPS) is 16.4. The number of aromatic nitrogens is 3. The number of benzene rings is 1. The summed E-state index contributed by atoms with van der Waals surface area (Å²) in [6, 6.07) is 6.57. The molecule has 1 aliphatic heterocycles. The van der Waals surface area contributed by atoms with E-state index in [9.17, 15) is 4.39 Å². The third-order valence-corrected chi connectivity index (χ3v) is 3.23. The van der Waals surface area contributed by atoms with Crippen molar-refractivity contribution in [1.29, 1.82) is 0 Å². The quantitative estimate of drug-likeness (QED) is 0.858. The summed E-state index contributed by atoms with van der Waals surface area (Å²) in [6.45, 7) is 3.72. The summed E-state index contributed by atoms with van der Waals surface area (Å²) in [6.07, 6.45) is 1.06. The summed E-state index contributed by atoms with van der Waals surface area (Å²) in [4.78, 5) is 6.51. The fraction of sp³-hybridized carbons (Fsp3) is 0.385. The van der Waals surface area contributed by atoms with Crippen LogP contribution in [0.2, 0.25) is 0 Å². The van der Waals surface area contributed by atoms with E-state index in [0.717, 1.165) is 32.6 Å². The summed E-state index contributed by atoms with van der Waals surface area (Å²) < 4.78 is 13.7. The fourth-order valence-corrected chi connectivity index (χ4v) is 2.21. The van der Waals surface area contributed by atoms with Crippen LogP contribution in [0.3, 0.4) is 0 Å². The number of rotatable bonds is 2. The highest BCUT2D eigenvalue weighted by Crippen LogP contribution is 2.20. The molecule has 0 saturated carbocycles. The highest BCUT2D eigenvalue weighted by Gasteiger charge is 2.15. The average molecular weight is 261 g/mol. The maximum atomic E-state index is 13.7. The second kappa shape index (κ2) is 5.36. The third-order valence-electron chi connectivity index (χ3n) is 3.23. The highest BCUT2D eigenvalue weighted by atomic mass is 19.1. The van der Waals surface area contributed by atoms with Crippen molar-refractivity contribution in [1.82, 2.24) is 20.5 Å². The number of anilines is 1. The van der Waals surface area contributed by atoms with Gasteiger partial charge in [0.15, 0.2) is 5.82 Å². The van der Waals surface area contributed by atoms with E-state index in [0.29, 0.717) is 17.3 Å². The van der Waals surface area contributed by atoms with Crippen molar-refractivity contribution in [3.05, 3.63) is 30.1 Å². The van der Waals surface area contributed by atoms with Gasteiger partial charge in [-0.2, -0.15) is 4.98 Å². The first-order valence-corrected chi connectivity index (χ1v) is 6.47. The Labute approximate surface area is 110 Å². The Balaban J connectivity index is 1.85. The summed E-state index contributed by atoms with van der Waals surface area (Å²) in [5.74, 6) is 0.829. The molecule has 2 aromatic rings. The van der Waals surface area contributed by atoms with Gasteiger partial charge in [-0.05, 0) is 25.1 Å². The predicted molar refractivity (Wildman–Crippen MR) is 71.5 cm³/mol. The van der Waals surface area contributed by atoms with Gasteiger partial charge in [0.1, 0.15) is 5.82 Å². The molecule has 1 saturated heterocycles. The number of nitrogens with one attached hydrogen (secondary N) is 2. The molecular weight excluding hydrogens is 245 g/mol. The van der Waals surface area contributed by atoms with Gasteiger partial charge in [0.2, 0.25) is 5.95 Å². The van der Waals surface area contributed by atoms with E-state index in [4.69, 9.17) is 0 Å². The number of H-pyrrole nitrogens is 1. The van der Waals surface area contributed by atoms with Crippen molar-refractivity contribution in [2.24, 2.45) is 0 Å². The zero-order valence-electron chi connectivity index (χ0n) is 10.6. The minimum Gasteiger partial charge on any atom is -0.338 e. The van der Waals surface area contributed by atoms with Crippen LogP contribution in [0.1, 0.15) is 6.42 Å². The van der Waals surface area contributed by atoms with E-state index >= 15 is 0 Å². The van der Waals surface area contributed by atoms with Crippen molar-refractivity contribution in [2.75, 3.05) is 31.1 Å². The molecule has 0 unspecified atom stereocenters. The molecule has 0 bridgehead atoms. The zero-order chi connectivity index (χ0) is 13.1. The van der Waals surface area contributed by atoms with Crippen LogP contribution < -0.4 is 10.2 Å². The van der Waals surface area contributed by atoms with Crippen molar-refractivity contribution < 1.29 is 4.39 Å². The lowest BCUT2D eigenvalue weighted by Crippen LogP contribution is -2.28. The lowest BCUT2D eigenvalue weighted by molar-refractivity contribution is 0.630. The Morgan fingerprint density at radius 3 is 2.95 bits per heavy atom. The summed E-state index contributed by atoms with van der Waals surface area (Å²) >= 11 is 0. The maximum Gasteiger partial charge on any atom is 0.245 e. The molecule has 2 heterocycles. The summed E-state index contributed by atoms with van der Waals surface area (Å²) in [5, 5.41) is 10.3. The lowest BCUT2D eigenvalue weighted by Gasteiger charge is -2.16. The topological polar surface area (TPSA) is 56.8 Å². The summed E-state index contributed by atoms with van der Waals surface area (Å²) in [7, 11) is 0. The van der Waals surface area contributed by atoms with Crippen LogP contribution in [0.15, 0.2) is 24.3 Å². The molecule has 1 aromatic heterocycles. The van der Waals surface area contributed by atoms with E-state index in [1.165, 1.54) is 6.07 Å². The smallest absolute Gasteiger partial charge is 0.245 e. The second-order valence-corrected chi connectivity index (χ2v) is 4.55. The monoisotopic (exact) mass is 261 g/mol. The van der Waals surface area contributed by atoms with Crippen LogP contribution in [-0.4, -0.2) is 41.4 Å². The van der Waals surface area contributed by atoms with Gasteiger partial charge in [-0.25, -0.2) is 4.39 Å². The van der Waals surface area contributed by atoms with E-state index in [-0.39, 0.29) is 5.82 Å². The Morgan fingerprint density at radius 2 is 2.05 bits per heavy atom. The van der Waals surface area contributed by atoms with Crippen molar-refractivity contribution in [2.45, 2.75) is 6.42 Å². The minimum absolute atomic E-state index is 0.289. The molecule has 0 amide bonds. The van der Waals surface area contributed by atoms with Gasteiger partial charge >= 0.3 is 0 Å². The van der Waals surface area contributed by atoms with E-state index in [1.807, 2.05) is 0 Å². The first-order chi connectivity index (χ1) is 9.34. The number of halogens is 1. The molecule has 19 heavy (non-hydrogen) atoms. The molecule has 0 radical (unpaired) electrons. The van der Waals surface area contributed by atoms with Crippen LogP contribution in [0, 0.1) is 5.82 Å². The number of hydrogen-bond donors (Lipinski definition) is 2. The second-order valence-electron chi connectivity index (χ2n) is 4.55. The number of nitrogens with zero attached hydrogens (tertiary/aromatic N) is 3. The fourth-order valence-electron chi connectivity index (χ4n) is 2.21. The molecule has 5 nitrogen and oxygen atoms in total. The van der Waals surface area contributed by atoms with Gasteiger partial charge < -0.3 is 10.2 Å². The lowest BCUT2D eigenvalue weighted by atomic mass is 10.2. The van der Waals surface area contributed by atoms with Gasteiger partial charge in [-0.1, -0.05) is 12.1 Å². The van der Waals surface area contributed by atoms with Crippen LogP contribution in [-0.2, 0) is 0 Å². The summed E-state index contributed by atoms with van der Waals surface area (Å²) in [5.41, 5.74) is 0.453. The molecule has 1 aliphatic rings. The van der Waals surface area contributed by atoms with Crippen LogP contribution >= 0.6 is 0 Å². The van der Waals surface area contributed by atoms with E-state index in [1.54, 1.807) is 18.2 Å². The van der Waals surface area contributed by atoms with Crippen molar-refractivity contribution in [3.63, 3.8) is 0 Å². The standard InChI is InChI=1S/C13H16FN5/c14-11-5-2-1-4-10(11)12-16-13(18-17-12)19-8-3-6-15-7-9-19/h1-2,4-5,15H,3,6-9H2,(H,16,17,18). The van der Waals surface area contributed by atoms with Crippen LogP contribution in [0.4, 0.5) is 10.3 Å². The molecule has 0 atom stereocenters. The molecule has 3 rings (SSSR count). The van der Waals surface area contributed by atoms with Gasteiger partial charge in [0.25, 0.3) is 0 Å². The van der Waals surface area contributed by atoms with Gasteiger partial charge in [0, 0.05) is 19.6 Å². The molecule has 6 heteroatoms. The first-order valence-electron chi connectivity index (χ1n) is 6.47. The van der Waals surface area contributed by atoms with Crippen molar-refractivity contribution in [3.8, 4) is 11.4 Å². The minimum atomic E-state index is -0.289. The molecule has 1 fully saturated rings. The molecule has 0 spiro atoms. The average Bonchev–Trinajstić information content (AvgIpc) is 2.75. The molecule has 100 valence electrons. The van der Waals surface area contributed by atoms with Gasteiger partial charge in [0.05, 0.1) is 5.56 Å². The third kappa shape index (κ3) is 2.58. The Morgan fingerprint density at radius 1 is 1.16 bits per heavy atom.